The van der Waals surface area contributed by atoms with Gasteiger partial charge in [0.25, 0.3) is 0 Å². The summed E-state index contributed by atoms with van der Waals surface area (Å²) >= 11 is 0. The van der Waals surface area contributed by atoms with Crippen LogP contribution in [0.1, 0.15) is 19.3 Å². The van der Waals surface area contributed by atoms with Crippen molar-refractivity contribution >= 4 is 5.91 Å². The second-order valence-electron chi connectivity index (χ2n) is 3.84. The van der Waals surface area contributed by atoms with Crippen LogP contribution in [0.2, 0.25) is 0 Å². The first kappa shape index (κ1) is 12.4. The van der Waals surface area contributed by atoms with Gasteiger partial charge >= 0.3 is 0 Å². The van der Waals surface area contributed by atoms with E-state index in [9.17, 15) is 9.90 Å². The second-order valence-corrected chi connectivity index (χ2v) is 3.84. The van der Waals surface area contributed by atoms with E-state index in [-0.39, 0.29) is 11.9 Å². The third-order valence-electron chi connectivity index (χ3n) is 2.51. The maximum Gasteiger partial charge on any atom is 0.237 e. The minimum atomic E-state index is -0.494. The first-order chi connectivity index (χ1) is 7.24. The smallest absolute Gasteiger partial charge is 0.237 e. The summed E-state index contributed by atoms with van der Waals surface area (Å²) in [5.74, 6) is 0.0390. The Balaban J connectivity index is 2.06. The van der Waals surface area contributed by atoms with E-state index in [1.807, 2.05) is 0 Å². The van der Waals surface area contributed by atoms with Crippen LogP contribution >= 0.6 is 0 Å². The highest BCUT2D eigenvalue weighted by molar-refractivity contribution is 5.81. The molecule has 15 heavy (non-hydrogen) atoms. The van der Waals surface area contributed by atoms with E-state index in [1.165, 1.54) is 0 Å². The first-order valence-corrected chi connectivity index (χ1v) is 5.42. The SMILES string of the molecule is COCC(O)CCNC(=O)C1CCCN1. The summed E-state index contributed by atoms with van der Waals surface area (Å²) in [4.78, 5) is 11.5. The molecule has 0 bridgehead atoms. The van der Waals surface area contributed by atoms with Gasteiger partial charge in [-0.1, -0.05) is 0 Å². The van der Waals surface area contributed by atoms with Crippen LogP contribution in [0.25, 0.3) is 0 Å². The summed E-state index contributed by atoms with van der Waals surface area (Å²) in [5.41, 5.74) is 0. The van der Waals surface area contributed by atoms with Crippen LogP contribution in [0.3, 0.4) is 0 Å². The number of ether oxygens (including phenoxy) is 1. The lowest BCUT2D eigenvalue weighted by molar-refractivity contribution is -0.122. The van der Waals surface area contributed by atoms with Crippen LogP contribution in [-0.2, 0) is 9.53 Å². The zero-order chi connectivity index (χ0) is 11.1. The van der Waals surface area contributed by atoms with Crippen LogP contribution in [0.4, 0.5) is 0 Å². The number of carbonyl (C=O) groups is 1. The molecule has 1 aliphatic heterocycles. The molecule has 3 N–H and O–H groups in total. The second kappa shape index (κ2) is 6.76. The van der Waals surface area contributed by atoms with Crippen molar-refractivity contribution in [3.05, 3.63) is 0 Å². The number of aliphatic hydroxyl groups is 1. The van der Waals surface area contributed by atoms with E-state index in [4.69, 9.17) is 4.74 Å². The van der Waals surface area contributed by atoms with E-state index >= 15 is 0 Å². The number of hydrogen-bond acceptors (Lipinski definition) is 4. The molecule has 0 radical (unpaired) electrons. The lowest BCUT2D eigenvalue weighted by Crippen LogP contribution is -2.41. The van der Waals surface area contributed by atoms with Gasteiger partial charge in [-0.3, -0.25) is 4.79 Å². The molecule has 0 spiro atoms. The maximum atomic E-state index is 11.5. The number of aliphatic hydroxyl groups excluding tert-OH is 1. The summed E-state index contributed by atoms with van der Waals surface area (Å²) in [6, 6.07) is -0.0374. The van der Waals surface area contributed by atoms with Crippen molar-refractivity contribution < 1.29 is 14.6 Å². The monoisotopic (exact) mass is 216 g/mol. The Morgan fingerprint density at radius 1 is 1.73 bits per heavy atom. The van der Waals surface area contributed by atoms with E-state index in [0.29, 0.717) is 19.6 Å². The largest absolute Gasteiger partial charge is 0.391 e. The quantitative estimate of drug-likeness (QED) is 0.546. The maximum absolute atomic E-state index is 11.5. The molecule has 1 heterocycles. The fourth-order valence-electron chi connectivity index (χ4n) is 1.67. The van der Waals surface area contributed by atoms with E-state index in [2.05, 4.69) is 10.6 Å². The Morgan fingerprint density at radius 3 is 3.13 bits per heavy atom. The van der Waals surface area contributed by atoms with Gasteiger partial charge in [0.05, 0.1) is 18.8 Å². The lowest BCUT2D eigenvalue weighted by Gasteiger charge is -2.13. The van der Waals surface area contributed by atoms with Crippen molar-refractivity contribution in [2.75, 3.05) is 26.8 Å². The molecule has 0 saturated carbocycles. The summed E-state index contributed by atoms with van der Waals surface area (Å²) in [7, 11) is 1.55. The van der Waals surface area contributed by atoms with Gasteiger partial charge in [0, 0.05) is 13.7 Å². The Bertz CT molecular complexity index is 193. The minimum absolute atomic E-state index is 0.0374. The summed E-state index contributed by atoms with van der Waals surface area (Å²) in [5, 5.41) is 15.3. The first-order valence-electron chi connectivity index (χ1n) is 5.42. The molecular formula is C10H20N2O3. The molecule has 0 aromatic heterocycles. The predicted octanol–water partition coefficient (Wildman–Crippen LogP) is -0.748. The van der Waals surface area contributed by atoms with Gasteiger partial charge in [0.1, 0.15) is 0 Å². The predicted molar refractivity (Wildman–Crippen MR) is 56.5 cm³/mol. The van der Waals surface area contributed by atoms with Crippen LogP contribution in [-0.4, -0.2) is 50.0 Å². The van der Waals surface area contributed by atoms with Crippen molar-refractivity contribution in [3.63, 3.8) is 0 Å². The van der Waals surface area contributed by atoms with E-state index in [1.54, 1.807) is 7.11 Å². The number of hydrogen-bond donors (Lipinski definition) is 3. The van der Waals surface area contributed by atoms with Crippen LogP contribution in [0.15, 0.2) is 0 Å². The molecule has 0 aromatic rings. The number of nitrogens with one attached hydrogen (secondary N) is 2. The Hall–Kier alpha value is -0.650. The van der Waals surface area contributed by atoms with Crippen molar-refractivity contribution in [1.29, 1.82) is 0 Å². The fourth-order valence-corrected chi connectivity index (χ4v) is 1.67. The average Bonchev–Trinajstić information content (AvgIpc) is 2.70. The van der Waals surface area contributed by atoms with Crippen LogP contribution in [0, 0.1) is 0 Å². The highest BCUT2D eigenvalue weighted by atomic mass is 16.5. The number of amides is 1. The molecule has 88 valence electrons. The number of carbonyl (C=O) groups excluding carboxylic acids is 1. The van der Waals surface area contributed by atoms with Gasteiger partial charge < -0.3 is 20.5 Å². The molecule has 1 amide bonds. The van der Waals surface area contributed by atoms with Crippen molar-refractivity contribution in [2.24, 2.45) is 0 Å². The van der Waals surface area contributed by atoms with Crippen LogP contribution < -0.4 is 10.6 Å². The average molecular weight is 216 g/mol. The molecule has 0 aromatic carbocycles. The molecule has 1 fully saturated rings. The van der Waals surface area contributed by atoms with Crippen molar-refractivity contribution in [2.45, 2.75) is 31.4 Å². The summed E-state index contributed by atoms with van der Waals surface area (Å²) in [6.07, 6.45) is 2.01. The number of rotatable bonds is 6. The van der Waals surface area contributed by atoms with Crippen LogP contribution in [0.5, 0.6) is 0 Å². The van der Waals surface area contributed by atoms with Gasteiger partial charge in [-0.25, -0.2) is 0 Å². The molecule has 1 saturated heterocycles. The molecule has 2 atom stereocenters. The fraction of sp³-hybridized carbons (Fsp3) is 0.900. The highest BCUT2D eigenvalue weighted by Gasteiger charge is 2.21. The third-order valence-corrected chi connectivity index (χ3v) is 2.51. The highest BCUT2D eigenvalue weighted by Crippen LogP contribution is 2.04. The molecule has 1 aliphatic rings. The number of methoxy groups -OCH3 is 1. The Morgan fingerprint density at radius 2 is 2.53 bits per heavy atom. The van der Waals surface area contributed by atoms with Crippen molar-refractivity contribution in [3.8, 4) is 0 Å². The van der Waals surface area contributed by atoms with Gasteiger partial charge in [-0.2, -0.15) is 0 Å². The van der Waals surface area contributed by atoms with Gasteiger partial charge in [-0.05, 0) is 25.8 Å². The lowest BCUT2D eigenvalue weighted by atomic mass is 10.2. The zero-order valence-corrected chi connectivity index (χ0v) is 9.16. The van der Waals surface area contributed by atoms with Gasteiger partial charge in [0.15, 0.2) is 0 Å². The van der Waals surface area contributed by atoms with Gasteiger partial charge in [0.2, 0.25) is 5.91 Å². The summed E-state index contributed by atoms with van der Waals surface area (Å²) in [6.45, 7) is 1.74. The minimum Gasteiger partial charge on any atom is -0.391 e. The molecule has 1 rings (SSSR count). The van der Waals surface area contributed by atoms with Gasteiger partial charge in [-0.15, -0.1) is 0 Å². The van der Waals surface area contributed by atoms with E-state index < -0.39 is 6.10 Å². The standard InChI is InChI=1S/C10H20N2O3/c1-15-7-8(13)4-6-12-10(14)9-3-2-5-11-9/h8-9,11,13H,2-7H2,1H3,(H,12,14). The Kier molecular flexibility index (Phi) is 5.60. The van der Waals surface area contributed by atoms with E-state index in [0.717, 1.165) is 19.4 Å². The normalized spacial score (nSPS) is 22.7. The third kappa shape index (κ3) is 4.59. The Labute approximate surface area is 90.2 Å². The molecule has 5 heteroatoms. The molecule has 5 nitrogen and oxygen atoms in total. The zero-order valence-electron chi connectivity index (χ0n) is 9.16. The van der Waals surface area contributed by atoms with Crippen molar-refractivity contribution in [1.82, 2.24) is 10.6 Å². The topological polar surface area (TPSA) is 70.6 Å². The molecule has 2 unspecified atom stereocenters. The molecule has 0 aliphatic carbocycles. The molecular weight excluding hydrogens is 196 g/mol. The summed E-state index contributed by atoms with van der Waals surface area (Å²) < 4.78 is 4.79.